The van der Waals surface area contributed by atoms with E-state index in [0.29, 0.717) is 16.0 Å². The molecule has 3 aromatic heterocycles. The highest BCUT2D eigenvalue weighted by molar-refractivity contribution is 7.22. The molecule has 132 valence electrons. The third-order valence-corrected chi connectivity index (χ3v) is 5.08. The van der Waals surface area contributed by atoms with Crippen LogP contribution in [0, 0.1) is 12.9 Å². The molecular weight excluding hydrogens is 359 g/mol. The maximum Gasteiger partial charge on any atom is 0.329 e. The number of fused-ring (bicyclic) bond motifs is 1. The minimum absolute atomic E-state index is 0.158. The van der Waals surface area contributed by atoms with Gasteiger partial charge in [-0.2, -0.15) is 4.39 Å². The van der Waals surface area contributed by atoms with Gasteiger partial charge in [0.2, 0.25) is 5.95 Å². The van der Waals surface area contributed by atoms with Crippen LogP contribution in [0.25, 0.3) is 20.7 Å². The summed E-state index contributed by atoms with van der Waals surface area (Å²) in [6.07, 6.45) is -3.81. The van der Waals surface area contributed by atoms with Gasteiger partial charge in [-0.3, -0.25) is 14.3 Å². The van der Waals surface area contributed by atoms with Gasteiger partial charge in [0, 0.05) is 16.6 Å². The summed E-state index contributed by atoms with van der Waals surface area (Å²) in [5.74, 6) is -0.669. The van der Waals surface area contributed by atoms with Crippen molar-refractivity contribution < 1.29 is 18.3 Å². The van der Waals surface area contributed by atoms with Crippen LogP contribution >= 0.6 is 11.3 Å². The van der Waals surface area contributed by atoms with Crippen LogP contribution in [0.5, 0.6) is 0 Å². The fraction of sp³-hybridized carbons (Fsp3) is 0.267. The van der Waals surface area contributed by atoms with Crippen molar-refractivity contribution in [1.82, 2.24) is 14.5 Å². The highest BCUT2D eigenvalue weighted by Gasteiger charge is 2.22. The minimum atomic E-state index is -3.03. The number of aromatic amines is 1. The van der Waals surface area contributed by atoms with Gasteiger partial charge in [-0.25, -0.2) is 18.6 Å². The molecule has 0 amide bonds. The summed E-state index contributed by atoms with van der Waals surface area (Å²) in [4.78, 5) is 30.5. The quantitative estimate of drug-likeness (QED) is 0.686. The second-order valence-corrected chi connectivity index (χ2v) is 6.38. The van der Waals surface area contributed by atoms with Crippen molar-refractivity contribution in [1.29, 1.82) is 0 Å². The molecule has 0 saturated carbocycles. The number of hydrogen-bond acceptors (Lipinski definition) is 5. The molecule has 0 aliphatic rings. The van der Waals surface area contributed by atoms with Gasteiger partial charge in [-0.05, 0) is 24.6 Å². The first-order valence-corrected chi connectivity index (χ1v) is 7.95. The Bertz CT molecular complexity index is 1040. The molecule has 0 fully saturated rings. The molecule has 2 N–H and O–H groups in total. The first kappa shape index (κ1) is 17.4. The van der Waals surface area contributed by atoms with Crippen LogP contribution in [0.2, 0.25) is 0 Å². The largest absolute Gasteiger partial charge is 0.385 e. The zero-order chi connectivity index (χ0) is 18.3. The van der Waals surface area contributed by atoms with Gasteiger partial charge in [-0.1, -0.05) is 0 Å². The second-order valence-electron chi connectivity index (χ2n) is 5.38. The van der Waals surface area contributed by atoms with Gasteiger partial charge in [0.1, 0.15) is 10.9 Å². The van der Waals surface area contributed by atoms with Crippen molar-refractivity contribution in [2.75, 3.05) is 0 Å². The first-order valence-electron chi connectivity index (χ1n) is 7.14. The predicted octanol–water partition coefficient (Wildman–Crippen LogP) is 1.89. The van der Waals surface area contributed by atoms with E-state index < -0.39 is 36.3 Å². The van der Waals surface area contributed by atoms with Gasteiger partial charge < -0.3 is 5.11 Å². The Balaban J connectivity index is 2.25. The molecule has 3 heterocycles. The van der Waals surface area contributed by atoms with E-state index in [-0.39, 0.29) is 10.2 Å². The number of thiophene rings is 1. The number of halogens is 3. The number of rotatable bonds is 4. The number of aliphatic hydroxyl groups excluding tert-OH is 1. The molecule has 0 aromatic carbocycles. The van der Waals surface area contributed by atoms with E-state index in [4.69, 9.17) is 0 Å². The summed E-state index contributed by atoms with van der Waals surface area (Å²) in [5.41, 5.74) is -0.511. The molecule has 0 bridgehead atoms. The molecule has 1 atom stereocenters. The number of pyridine rings is 1. The van der Waals surface area contributed by atoms with Crippen LogP contribution in [0.3, 0.4) is 0 Å². The van der Waals surface area contributed by atoms with Crippen LogP contribution < -0.4 is 11.2 Å². The smallest absolute Gasteiger partial charge is 0.329 e. The SMILES string of the molecule is Cc1c(-c2ccc(F)nc2)sc2c1c(=O)[nH]c(=O)n2C[C@@H](O)C(F)F. The Labute approximate surface area is 142 Å². The standard InChI is InChI=1S/C15H12F3N3O3S/c1-6-10-13(23)20-15(24)21(5-8(22)12(17)18)14(10)25-11(6)7-2-3-9(16)19-4-7/h2-4,8,12,22H,5H2,1H3,(H,20,23,24)/t8-/m1/s1. The van der Waals surface area contributed by atoms with E-state index in [1.807, 2.05) is 0 Å². The molecule has 3 rings (SSSR count). The Morgan fingerprint density at radius 1 is 1.36 bits per heavy atom. The van der Waals surface area contributed by atoms with Crippen molar-refractivity contribution in [3.8, 4) is 10.4 Å². The monoisotopic (exact) mass is 371 g/mol. The third-order valence-electron chi connectivity index (χ3n) is 3.72. The molecular formula is C15H12F3N3O3S. The highest BCUT2D eigenvalue weighted by atomic mass is 32.1. The molecule has 0 aliphatic carbocycles. The Kier molecular flexibility index (Phi) is 4.48. The van der Waals surface area contributed by atoms with E-state index in [1.54, 1.807) is 6.92 Å². The van der Waals surface area contributed by atoms with Crippen LogP contribution in [-0.4, -0.2) is 32.2 Å². The number of nitrogens with one attached hydrogen (secondary N) is 1. The lowest BCUT2D eigenvalue weighted by Gasteiger charge is -2.11. The lowest BCUT2D eigenvalue weighted by atomic mass is 10.1. The van der Waals surface area contributed by atoms with Gasteiger partial charge in [0.25, 0.3) is 12.0 Å². The van der Waals surface area contributed by atoms with Crippen molar-refractivity contribution in [3.05, 3.63) is 50.7 Å². The molecule has 0 spiro atoms. The summed E-state index contributed by atoms with van der Waals surface area (Å²) in [6, 6.07) is 2.61. The maximum absolute atomic E-state index is 13.0. The fourth-order valence-corrected chi connectivity index (χ4v) is 3.80. The number of alkyl halides is 2. The summed E-state index contributed by atoms with van der Waals surface area (Å²) in [6.45, 7) is 0.968. The molecule has 10 heteroatoms. The number of aromatic nitrogens is 3. The molecule has 3 aromatic rings. The Hall–Kier alpha value is -2.46. The molecule has 0 saturated heterocycles. The zero-order valence-electron chi connectivity index (χ0n) is 12.8. The highest BCUT2D eigenvalue weighted by Crippen LogP contribution is 2.35. The number of hydrogen-bond donors (Lipinski definition) is 2. The Morgan fingerprint density at radius 2 is 2.08 bits per heavy atom. The van der Waals surface area contributed by atoms with E-state index >= 15 is 0 Å². The van der Waals surface area contributed by atoms with E-state index in [9.17, 15) is 27.9 Å². The van der Waals surface area contributed by atoms with Gasteiger partial charge in [0.05, 0.1) is 11.9 Å². The van der Waals surface area contributed by atoms with E-state index in [2.05, 4.69) is 9.97 Å². The van der Waals surface area contributed by atoms with Crippen LogP contribution in [0.4, 0.5) is 13.2 Å². The van der Waals surface area contributed by atoms with Gasteiger partial charge in [-0.15, -0.1) is 11.3 Å². The summed E-state index contributed by atoms with van der Waals surface area (Å²) >= 11 is 1.02. The lowest BCUT2D eigenvalue weighted by molar-refractivity contribution is -0.0135. The van der Waals surface area contributed by atoms with Crippen molar-refractivity contribution >= 4 is 21.6 Å². The molecule has 0 aliphatic heterocycles. The number of aryl methyl sites for hydroxylation is 1. The van der Waals surface area contributed by atoms with Gasteiger partial charge >= 0.3 is 5.69 Å². The van der Waals surface area contributed by atoms with E-state index in [1.165, 1.54) is 12.3 Å². The first-order chi connectivity index (χ1) is 11.8. The summed E-state index contributed by atoms with van der Waals surface area (Å²) in [5, 5.41) is 9.57. The number of nitrogens with zero attached hydrogens (tertiary/aromatic N) is 2. The van der Waals surface area contributed by atoms with Crippen molar-refractivity contribution in [2.45, 2.75) is 26.0 Å². The number of aliphatic hydroxyl groups is 1. The van der Waals surface area contributed by atoms with Crippen molar-refractivity contribution in [3.63, 3.8) is 0 Å². The Morgan fingerprint density at radius 3 is 2.68 bits per heavy atom. The maximum atomic E-state index is 13.0. The van der Waals surface area contributed by atoms with Crippen LogP contribution in [-0.2, 0) is 6.54 Å². The van der Waals surface area contributed by atoms with Crippen LogP contribution in [0.1, 0.15) is 5.56 Å². The average Bonchev–Trinajstić information content (AvgIpc) is 2.89. The summed E-state index contributed by atoms with van der Waals surface area (Å²) in [7, 11) is 0. The van der Waals surface area contributed by atoms with Crippen LogP contribution in [0.15, 0.2) is 27.9 Å². The van der Waals surface area contributed by atoms with Crippen molar-refractivity contribution in [2.24, 2.45) is 0 Å². The number of H-pyrrole nitrogens is 1. The third kappa shape index (κ3) is 3.10. The minimum Gasteiger partial charge on any atom is -0.385 e. The molecule has 25 heavy (non-hydrogen) atoms. The second kappa shape index (κ2) is 6.45. The molecule has 6 nitrogen and oxygen atoms in total. The molecule has 0 unspecified atom stereocenters. The lowest BCUT2D eigenvalue weighted by Crippen LogP contribution is -2.35. The summed E-state index contributed by atoms with van der Waals surface area (Å²) < 4.78 is 39.2. The normalized spacial score (nSPS) is 12.9. The molecule has 0 radical (unpaired) electrons. The van der Waals surface area contributed by atoms with Gasteiger partial charge in [0.15, 0.2) is 0 Å². The van der Waals surface area contributed by atoms with E-state index in [0.717, 1.165) is 22.0 Å². The zero-order valence-corrected chi connectivity index (χ0v) is 13.6. The fourth-order valence-electron chi connectivity index (χ4n) is 2.49. The topological polar surface area (TPSA) is 88.0 Å². The average molecular weight is 371 g/mol. The predicted molar refractivity (Wildman–Crippen MR) is 86.6 cm³/mol.